The Balaban J connectivity index is 1.56. The first-order valence-corrected chi connectivity index (χ1v) is 13.2. The Morgan fingerprint density at radius 3 is 2.35 bits per heavy atom. The first-order chi connectivity index (χ1) is 18.8. The monoisotopic (exact) mass is 544 g/mol. The standard InChI is InChI=1S/C30H36N6O4/c1-8-9-23(27(37)39-29(2,3)4)24(26-32-34-35-33-26)14-19-10-13-25(31-16-19)20-11-12-21-17-36(18-22(21)15-20)28(38)40-30(5,6)7/h8,10-13,15-18,23-24H,1,9,14H2,2-7H3,(H,32,33,34,35)/t23-,24-/m0/s1. The average Bonchev–Trinajstić information content (AvgIpc) is 3.54. The van der Waals surface area contributed by atoms with Crippen molar-refractivity contribution in [3.63, 3.8) is 0 Å². The van der Waals surface area contributed by atoms with Crippen molar-refractivity contribution in [2.45, 2.75) is 71.5 Å². The van der Waals surface area contributed by atoms with Gasteiger partial charge in [0, 0.05) is 40.8 Å². The number of esters is 1. The van der Waals surface area contributed by atoms with Gasteiger partial charge in [-0.1, -0.05) is 29.5 Å². The zero-order valence-corrected chi connectivity index (χ0v) is 23.8. The molecule has 3 heterocycles. The summed E-state index contributed by atoms with van der Waals surface area (Å²) in [6.45, 7) is 14.9. The number of benzene rings is 1. The molecule has 4 aromatic rings. The molecule has 0 bridgehead atoms. The molecule has 4 rings (SSSR count). The van der Waals surface area contributed by atoms with Crippen LogP contribution in [0.1, 0.15) is 65.3 Å². The van der Waals surface area contributed by atoms with Gasteiger partial charge in [-0.15, -0.1) is 16.8 Å². The molecular weight excluding hydrogens is 508 g/mol. The zero-order valence-electron chi connectivity index (χ0n) is 23.8. The second-order valence-corrected chi connectivity index (χ2v) is 11.8. The topological polar surface area (TPSA) is 125 Å². The lowest BCUT2D eigenvalue weighted by Crippen LogP contribution is -2.32. The van der Waals surface area contributed by atoms with Crippen molar-refractivity contribution in [1.82, 2.24) is 30.2 Å². The van der Waals surface area contributed by atoms with Crippen LogP contribution in [0.15, 0.2) is 61.6 Å². The van der Waals surface area contributed by atoms with Gasteiger partial charge in [-0.05, 0) is 72.1 Å². The van der Waals surface area contributed by atoms with E-state index in [0.717, 1.165) is 27.6 Å². The number of nitrogens with one attached hydrogen (secondary N) is 1. The third-order valence-corrected chi connectivity index (χ3v) is 6.13. The van der Waals surface area contributed by atoms with Crippen LogP contribution in [0.3, 0.4) is 0 Å². The summed E-state index contributed by atoms with van der Waals surface area (Å²) in [4.78, 5) is 30.3. The fraction of sp³-hybridized carbons (Fsp3) is 0.400. The van der Waals surface area contributed by atoms with E-state index in [0.29, 0.717) is 18.7 Å². The smallest absolute Gasteiger partial charge is 0.418 e. The fourth-order valence-corrected chi connectivity index (χ4v) is 4.41. The van der Waals surface area contributed by atoms with Gasteiger partial charge in [0.25, 0.3) is 0 Å². The highest BCUT2D eigenvalue weighted by atomic mass is 16.6. The number of nitrogens with zero attached hydrogens (tertiary/aromatic N) is 5. The second kappa shape index (κ2) is 11.4. The first kappa shape index (κ1) is 28.7. The Morgan fingerprint density at radius 2 is 1.75 bits per heavy atom. The van der Waals surface area contributed by atoms with Gasteiger partial charge < -0.3 is 9.47 Å². The molecule has 0 unspecified atom stereocenters. The van der Waals surface area contributed by atoms with Crippen molar-refractivity contribution in [3.05, 3.63) is 73.0 Å². The zero-order chi connectivity index (χ0) is 29.1. The summed E-state index contributed by atoms with van der Waals surface area (Å²) in [6.07, 6.45) is 7.45. The van der Waals surface area contributed by atoms with E-state index in [2.05, 4.69) is 27.2 Å². The number of aromatic amines is 1. The number of fused-ring (bicyclic) bond motifs is 1. The first-order valence-electron chi connectivity index (χ1n) is 13.2. The van der Waals surface area contributed by atoms with E-state index in [1.165, 1.54) is 4.57 Å². The number of tetrazole rings is 1. The lowest BCUT2D eigenvalue weighted by atomic mass is 9.84. The molecule has 3 aromatic heterocycles. The van der Waals surface area contributed by atoms with Gasteiger partial charge in [-0.25, -0.2) is 4.79 Å². The van der Waals surface area contributed by atoms with E-state index in [-0.39, 0.29) is 11.9 Å². The number of hydrogen-bond acceptors (Lipinski definition) is 8. The van der Waals surface area contributed by atoms with Gasteiger partial charge in [0.05, 0.1) is 11.6 Å². The third kappa shape index (κ3) is 7.19. The number of rotatable bonds is 8. The number of pyridine rings is 1. The molecule has 210 valence electrons. The number of aromatic nitrogens is 6. The lowest BCUT2D eigenvalue weighted by molar-refractivity contribution is -0.160. The maximum absolute atomic E-state index is 13.1. The Hall–Kier alpha value is -4.34. The fourth-order valence-electron chi connectivity index (χ4n) is 4.41. The Bertz CT molecular complexity index is 1480. The number of carbonyl (C=O) groups excluding carboxylic acids is 2. The van der Waals surface area contributed by atoms with Crippen molar-refractivity contribution in [3.8, 4) is 11.3 Å². The van der Waals surface area contributed by atoms with E-state index >= 15 is 0 Å². The number of ether oxygens (including phenoxy) is 2. The summed E-state index contributed by atoms with van der Waals surface area (Å²) >= 11 is 0. The van der Waals surface area contributed by atoms with E-state index in [1.807, 2.05) is 71.9 Å². The van der Waals surface area contributed by atoms with Crippen LogP contribution in [0.2, 0.25) is 0 Å². The van der Waals surface area contributed by atoms with E-state index in [1.54, 1.807) is 24.7 Å². The maximum atomic E-state index is 13.1. The molecular formula is C30H36N6O4. The van der Waals surface area contributed by atoms with E-state index in [9.17, 15) is 9.59 Å². The van der Waals surface area contributed by atoms with E-state index < -0.39 is 23.2 Å². The molecule has 2 atom stereocenters. The molecule has 0 saturated carbocycles. The highest BCUT2D eigenvalue weighted by Gasteiger charge is 2.35. The largest absolute Gasteiger partial charge is 0.460 e. The summed E-state index contributed by atoms with van der Waals surface area (Å²) in [5.74, 6) is -0.825. The minimum Gasteiger partial charge on any atom is -0.460 e. The van der Waals surface area contributed by atoms with Crippen LogP contribution in [0.25, 0.3) is 22.0 Å². The normalized spacial score (nSPS) is 13.6. The lowest BCUT2D eigenvalue weighted by Gasteiger charge is -2.27. The molecule has 10 heteroatoms. The van der Waals surface area contributed by atoms with Gasteiger partial charge in [0.1, 0.15) is 11.2 Å². The van der Waals surface area contributed by atoms with Gasteiger partial charge in [0.15, 0.2) is 5.82 Å². The van der Waals surface area contributed by atoms with Crippen molar-refractivity contribution < 1.29 is 19.1 Å². The SMILES string of the molecule is C=CC[C@H](C(=O)OC(C)(C)C)[C@H](Cc1ccc(-c2ccc3cn(C(=O)OC(C)(C)C)cc3c2)nc1)c1nn[nH]n1. The molecule has 10 nitrogen and oxygen atoms in total. The van der Waals surface area contributed by atoms with Crippen molar-refractivity contribution in [2.24, 2.45) is 5.92 Å². The number of allylic oxidation sites excluding steroid dienone is 1. The molecule has 40 heavy (non-hydrogen) atoms. The third-order valence-electron chi connectivity index (χ3n) is 6.13. The summed E-state index contributed by atoms with van der Waals surface area (Å²) in [6, 6.07) is 9.82. The molecule has 0 radical (unpaired) electrons. The molecule has 0 aliphatic carbocycles. The van der Waals surface area contributed by atoms with Crippen molar-refractivity contribution in [1.29, 1.82) is 0 Å². The number of carbonyl (C=O) groups is 2. The van der Waals surface area contributed by atoms with Crippen LogP contribution in [-0.4, -0.2) is 53.4 Å². The molecule has 0 fully saturated rings. The Morgan fingerprint density at radius 1 is 1.02 bits per heavy atom. The average molecular weight is 545 g/mol. The predicted molar refractivity (Wildman–Crippen MR) is 152 cm³/mol. The molecule has 1 aromatic carbocycles. The van der Waals surface area contributed by atoms with Crippen LogP contribution >= 0.6 is 0 Å². The minimum atomic E-state index is -0.628. The predicted octanol–water partition coefficient (Wildman–Crippen LogP) is 5.86. The minimum absolute atomic E-state index is 0.335. The van der Waals surface area contributed by atoms with Crippen LogP contribution < -0.4 is 0 Å². The van der Waals surface area contributed by atoms with Crippen LogP contribution in [0, 0.1) is 5.92 Å². The number of H-pyrrole nitrogens is 1. The van der Waals surface area contributed by atoms with Crippen LogP contribution in [-0.2, 0) is 20.7 Å². The molecule has 0 amide bonds. The Kier molecular flexibility index (Phi) is 8.18. The van der Waals surface area contributed by atoms with Gasteiger partial charge in [0.2, 0.25) is 0 Å². The van der Waals surface area contributed by atoms with Crippen molar-refractivity contribution in [2.75, 3.05) is 0 Å². The van der Waals surface area contributed by atoms with Crippen molar-refractivity contribution >= 4 is 22.8 Å². The maximum Gasteiger partial charge on any atom is 0.418 e. The Labute approximate surface area is 233 Å². The summed E-state index contributed by atoms with van der Waals surface area (Å²) < 4.78 is 12.6. The van der Waals surface area contributed by atoms with Gasteiger partial charge in [-0.2, -0.15) is 5.21 Å². The summed E-state index contributed by atoms with van der Waals surface area (Å²) in [5, 5.41) is 16.4. The van der Waals surface area contributed by atoms with Crippen LogP contribution in [0.5, 0.6) is 0 Å². The van der Waals surface area contributed by atoms with Gasteiger partial charge in [-0.3, -0.25) is 14.3 Å². The molecule has 0 aliphatic heterocycles. The van der Waals surface area contributed by atoms with Gasteiger partial charge >= 0.3 is 12.1 Å². The molecule has 0 spiro atoms. The second-order valence-electron chi connectivity index (χ2n) is 11.8. The molecule has 0 saturated heterocycles. The molecule has 0 aliphatic rings. The van der Waals surface area contributed by atoms with Crippen LogP contribution in [0.4, 0.5) is 4.79 Å². The quantitative estimate of drug-likeness (QED) is 0.216. The highest BCUT2D eigenvalue weighted by molar-refractivity contribution is 5.90. The number of hydrogen-bond donors (Lipinski definition) is 1. The van der Waals surface area contributed by atoms with E-state index in [4.69, 9.17) is 14.5 Å². The summed E-state index contributed by atoms with van der Waals surface area (Å²) in [7, 11) is 0. The molecule has 1 N–H and O–H groups in total. The summed E-state index contributed by atoms with van der Waals surface area (Å²) in [5.41, 5.74) is 1.39. The highest BCUT2D eigenvalue weighted by Crippen LogP contribution is 2.32.